The minimum absolute atomic E-state index is 0.514. The number of rotatable bonds is 19. The number of epoxide rings is 1. The minimum atomic E-state index is -2.79. The summed E-state index contributed by atoms with van der Waals surface area (Å²) >= 11 is 0. The van der Waals surface area contributed by atoms with Crippen LogP contribution >= 0.6 is 0 Å². The van der Waals surface area contributed by atoms with Gasteiger partial charge >= 0.3 is 25.9 Å². The van der Waals surface area contributed by atoms with E-state index in [1.165, 1.54) is 25.7 Å². The van der Waals surface area contributed by atoms with Gasteiger partial charge in [-0.25, -0.2) is 0 Å². The number of ether oxygens (including phenoxy) is 1. The van der Waals surface area contributed by atoms with Gasteiger partial charge in [0.25, 0.3) is 0 Å². The van der Waals surface area contributed by atoms with Crippen LogP contribution in [-0.2, 0) is 30.4 Å². The fourth-order valence-corrected chi connectivity index (χ4v) is 32.2. The predicted molar refractivity (Wildman–Crippen MR) is 172 cm³/mol. The first-order valence-corrected chi connectivity index (χ1v) is 32.3. The highest BCUT2D eigenvalue weighted by Gasteiger charge is 2.52. The zero-order valence-corrected chi connectivity index (χ0v) is 32.9. The van der Waals surface area contributed by atoms with Gasteiger partial charge in [0, 0.05) is 25.9 Å². The van der Waals surface area contributed by atoms with E-state index in [1.807, 2.05) is 20.8 Å². The zero-order valence-electron chi connectivity index (χ0n) is 26.7. The maximum absolute atomic E-state index is 7.37. The summed E-state index contributed by atoms with van der Waals surface area (Å²) in [6, 6.07) is 2.58. The molecule has 5 unspecified atom stereocenters. The molecular formula is C25H60O7Si6. The summed E-state index contributed by atoms with van der Waals surface area (Å²) in [6.45, 7) is 29.2. The summed E-state index contributed by atoms with van der Waals surface area (Å²) in [7, 11) is -12.6. The molecule has 0 spiro atoms. The van der Waals surface area contributed by atoms with Crippen molar-refractivity contribution >= 4 is 50.4 Å². The zero-order chi connectivity index (χ0) is 28.8. The standard InChI is InChI=1S/C25H60O7Si6/c1-13-26-38(27-14-2,28-15-3)21-20-36(11,30-33(4)5)32-37(12,31-35(9,10)34(6,7)8)19-18-23-16-17-24-25(22-23)29-24/h23-25,33H,13-22H2,1-12H3. The van der Waals surface area contributed by atoms with Crippen LogP contribution in [0.2, 0.25) is 77.1 Å². The van der Waals surface area contributed by atoms with Crippen molar-refractivity contribution in [3.63, 3.8) is 0 Å². The maximum Gasteiger partial charge on any atom is 0.500 e. The Morgan fingerprint density at radius 1 is 0.711 bits per heavy atom. The van der Waals surface area contributed by atoms with Gasteiger partial charge in [0.1, 0.15) is 0 Å². The smallest absolute Gasteiger partial charge is 0.439 e. The SMILES string of the molecule is CCO[Si](CC[Si](C)(O[SiH](C)C)O[Si](C)(CCC1CCC2OC2C1)O[Si](C)(C)[Si](C)(C)C)(OCC)OCC. The first kappa shape index (κ1) is 35.2. The molecule has 2 rings (SSSR count). The molecule has 0 aromatic heterocycles. The van der Waals surface area contributed by atoms with Gasteiger partial charge in [-0.3, -0.25) is 0 Å². The molecule has 0 N–H and O–H groups in total. The molecule has 2 aliphatic rings. The first-order chi connectivity index (χ1) is 17.5. The molecule has 0 aromatic carbocycles. The minimum Gasteiger partial charge on any atom is -0.439 e. The van der Waals surface area contributed by atoms with Crippen LogP contribution in [0.15, 0.2) is 0 Å². The van der Waals surface area contributed by atoms with Crippen LogP contribution in [0.3, 0.4) is 0 Å². The Bertz CT molecular complexity index is 708. The average Bonchev–Trinajstić information content (AvgIpc) is 3.54. The normalized spacial score (nSPS) is 25.7. The van der Waals surface area contributed by atoms with E-state index in [-0.39, 0.29) is 0 Å². The van der Waals surface area contributed by atoms with E-state index in [1.54, 1.807) is 0 Å². The average molecular weight is 641 g/mol. The molecule has 1 heterocycles. The summed E-state index contributed by atoms with van der Waals surface area (Å²) in [5.74, 6) is 0.719. The molecule has 1 aliphatic heterocycles. The Labute approximate surface area is 241 Å². The van der Waals surface area contributed by atoms with E-state index in [2.05, 4.69) is 58.9 Å². The summed E-state index contributed by atoms with van der Waals surface area (Å²) < 4.78 is 46.0. The van der Waals surface area contributed by atoms with E-state index in [4.69, 9.17) is 30.4 Å². The van der Waals surface area contributed by atoms with Gasteiger partial charge < -0.3 is 30.4 Å². The first-order valence-electron chi connectivity index (χ1n) is 15.2. The third kappa shape index (κ3) is 10.7. The summed E-state index contributed by atoms with van der Waals surface area (Å²) in [5, 5.41) is 0. The lowest BCUT2D eigenvalue weighted by Crippen LogP contribution is -2.64. The van der Waals surface area contributed by atoms with E-state index < -0.39 is 50.4 Å². The highest BCUT2D eigenvalue weighted by atomic mass is 29.3. The van der Waals surface area contributed by atoms with Gasteiger partial charge in [0.2, 0.25) is 0 Å². The van der Waals surface area contributed by atoms with E-state index in [0.717, 1.165) is 24.1 Å². The van der Waals surface area contributed by atoms with E-state index in [9.17, 15) is 0 Å². The molecule has 5 atom stereocenters. The van der Waals surface area contributed by atoms with Crippen LogP contribution in [0.1, 0.15) is 46.5 Å². The van der Waals surface area contributed by atoms with Crippen LogP contribution in [0.25, 0.3) is 0 Å². The molecule has 13 heteroatoms. The van der Waals surface area contributed by atoms with Crippen molar-refractivity contribution in [3.05, 3.63) is 0 Å². The van der Waals surface area contributed by atoms with Crippen LogP contribution in [0.4, 0.5) is 0 Å². The van der Waals surface area contributed by atoms with Crippen LogP contribution in [0, 0.1) is 5.92 Å². The van der Waals surface area contributed by atoms with Crippen molar-refractivity contribution in [2.75, 3.05) is 19.8 Å². The molecule has 7 nitrogen and oxygen atoms in total. The van der Waals surface area contributed by atoms with Crippen LogP contribution in [-0.4, -0.2) is 82.4 Å². The molecule has 226 valence electrons. The van der Waals surface area contributed by atoms with E-state index >= 15 is 0 Å². The largest absolute Gasteiger partial charge is 0.500 e. The van der Waals surface area contributed by atoms with Crippen molar-refractivity contribution in [2.45, 2.75) is 136 Å². The second kappa shape index (κ2) is 14.5. The van der Waals surface area contributed by atoms with Crippen molar-refractivity contribution in [2.24, 2.45) is 5.92 Å². The third-order valence-electron chi connectivity index (χ3n) is 8.29. The molecular weight excluding hydrogens is 581 g/mol. The lowest BCUT2D eigenvalue weighted by atomic mass is 9.88. The fraction of sp³-hybridized carbons (Fsp3) is 1.00. The van der Waals surface area contributed by atoms with Crippen molar-refractivity contribution in [3.8, 4) is 0 Å². The Balaban J connectivity index is 2.28. The molecule has 0 bridgehead atoms. The van der Waals surface area contributed by atoms with Gasteiger partial charge in [0.05, 0.1) is 19.8 Å². The Kier molecular flexibility index (Phi) is 13.4. The van der Waals surface area contributed by atoms with Gasteiger partial charge in [-0.05, 0) is 104 Å². The summed E-state index contributed by atoms with van der Waals surface area (Å²) in [6.07, 6.45) is 5.93. The van der Waals surface area contributed by atoms with Crippen LogP contribution < -0.4 is 0 Å². The maximum atomic E-state index is 7.37. The topological polar surface area (TPSA) is 67.9 Å². The lowest BCUT2D eigenvalue weighted by Gasteiger charge is -2.46. The summed E-state index contributed by atoms with van der Waals surface area (Å²) in [5.41, 5.74) is 0. The second-order valence-corrected chi connectivity index (χ2v) is 41.9. The Morgan fingerprint density at radius 3 is 1.76 bits per heavy atom. The molecule has 0 amide bonds. The molecule has 1 aliphatic carbocycles. The molecule has 0 radical (unpaired) electrons. The molecule has 1 saturated carbocycles. The predicted octanol–water partition coefficient (Wildman–Crippen LogP) is 6.79. The fourth-order valence-electron chi connectivity index (χ4n) is 5.50. The molecule has 1 saturated heterocycles. The molecule has 2 fully saturated rings. The molecule has 38 heavy (non-hydrogen) atoms. The van der Waals surface area contributed by atoms with Crippen molar-refractivity contribution in [1.82, 2.24) is 0 Å². The number of hydrogen-bond donors (Lipinski definition) is 0. The highest BCUT2D eigenvalue weighted by molar-refractivity contribution is 7.38. The van der Waals surface area contributed by atoms with Crippen molar-refractivity contribution < 1.29 is 30.4 Å². The highest BCUT2D eigenvalue weighted by Crippen LogP contribution is 2.42. The second-order valence-electron chi connectivity index (χ2n) is 13.3. The quantitative estimate of drug-likeness (QED) is 0.114. The lowest BCUT2D eigenvalue weighted by molar-refractivity contribution is 0.0719. The van der Waals surface area contributed by atoms with Gasteiger partial charge in [-0.15, -0.1) is 0 Å². The van der Waals surface area contributed by atoms with Gasteiger partial charge in [0.15, 0.2) is 16.9 Å². The van der Waals surface area contributed by atoms with Gasteiger partial charge in [-0.2, -0.15) is 0 Å². The van der Waals surface area contributed by atoms with Gasteiger partial charge in [-0.1, -0.05) is 19.6 Å². The third-order valence-corrected chi connectivity index (χ3v) is 40.7. The Hall–Kier alpha value is 1.02. The summed E-state index contributed by atoms with van der Waals surface area (Å²) in [4.78, 5) is 0. The number of hydrogen-bond acceptors (Lipinski definition) is 7. The molecule has 0 aromatic rings. The van der Waals surface area contributed by atoms with Crippen molar-refractivity contribution in [1.29, 1.82) is 0 Å². The number of fused-ring (bicyclic) bond motifs is 1. The monoisotopic (exact) mass is 640 g/mol. The van der Waals surface area contributed by atoms with Crippen LogP contribution in [0.5, 0.6) is 0 Å². The Morgan fingerprint density at radius 2 is 1.29 bits per heavy atom. The van der Waals surface area contributed by atoms with E-state index in [0.29, 0.717) is 32.0 Å².